The number of unbranched alkanes of at least 4 members (excludes halogenated alkanes) is 1. The molecule has 0 aromatic rings. The Morgan fingerprint density at radius 1 is 1.47 bits per heavy atom. The van der Waals surface area contributed by atoms with Crippen LogP contribution in [0.25, 0.3) is 0 Å². The number of carbonyl (C=O) groups is 1. The number of primary amides is 1. The molecule has 0 aliphatic carbocycles. The summed E-state index contributed by atoms with van der Waals surface area (Å²) in [5.41, 5.74) is 5.01. The van der Waals surface area contributed by atoms with Gasteiger partial charge in [0.15, 0.2) is 0 Å². The number of amides is 1. The van der Waals surface area contributed by atoms with Crippen molar-refractivity contribution in [3.8, 4) is 0 Å². The van der Waals surface area contributed by atoms with Crippen molar-refractivity contribution in [3.05, 3.63) is 0 Å². The van der Waals surface area contributed by atoms with E-state index in [9.17, 15) is 9.90 Å². The number of aliphatic hydroxyl groups is 1. The molecule has 0 aliphatic rings. The van der Waals surface area contributed by atoms with Crippen LogP contribution in [0.3, 0.4) is 0 Å². The first kappa shape index (κ1) is 14.3. The maximum Gasteiger partial charge on any atom is 0.217 e. The van der Waals surface area contributed by atoms with Crippen LogP contribution in [0.15, 0.2) is 0 Å². The lowest BCUT2D eigenvalue weighted by atomic mass is 10.2. The second kappa shape index (κ2) is 8.64. The van der Waals surface area contributed by atoms with Gasteiger partial charge in [-0.25, -0.2) is 0 Å². The third-order valence-electron chi connectivity index (χ3n) is 1.98. The fourth-order valence-corrected chi connectivity index (χ4v) is 1.30. The monoisotopic (exact) mass is 217 g/mol. The van der Waals surface area contributed by atoms with Crippen LogP contribution in [-0.2, 0) is 4.79 Å². The summed E-state index contributed by atoms with van der Waals surface area (Å²) >= 11 is 0. The number of aliphatic hydroxyl groups excluding tert-OH is 1. The highest BCUT2D eigenvalue weighted by Gasteiger charge is 2.03. The first-order valence-electron chi connectivity index (χ1n) is 5.34. The number of carbonyl (C=O) groups excluding carboxylic acids is 1. The maximum atomic E-state index is 10.4. The number of nitrogens with two attached hydrogens (primary N) is 1. The quantitative estimate of drug-likeness (QED) is 0.440. The number of nitrogens with one attached hydrogen (secondary N) is 1. The van der Waals surface area contributed by atoms with Gasteiger partial charge in [-0.3, -0.25) is 4.79 Å². The predicted octanol–water partition coefficient (Wildman–Crippen LogP) is -0.846. The number of hydrogen-bond donors (Lipinski definition) is 3. The summed E-state index contributed by atoms with van der Waals surface area (Å²) in [5, 5.41) is 12.6. The average molecular weight is 217 g/mol. The topological polar surface area (TPSA) is 78.6 Å². The first-order chi connectivity index (χ1) is 7.02. The molecule has 0 fully saturated rings. The Morgan fingerprint density at radius 3 is 2.67 bits per heavy atom. The molecule has 4 N–H and O–H groups in total. The molecule has 15 heavy (non-hydrogen) atoms. The maximum absolute atomic E-state index is 10.4. The van der Waals surface area contributed by atoms with E-state index in [0.717, 1.165) is 19.4 Å². The molecule has 90 valence electrons. The summed E-state index contributed by atoms with van der Waals surface area (Å²) in [6.07, 6.45) is 1.84. The molecular weight excluding hydrogens is 194 g/mol. The van der Waals surface area contributed by atoms with E-state index in [2.05, 4.69) is 5.32 Å². The molecule has 0 aromatic carbocycles. The van der Waals surface area contributed by atoms with Gasteiger partial charge in [-0.05, 0) is 33.5 Å². The summed E-state index contributed by atoms with van der Waals surface area (Å²) in [4.78, 5) is 12.4. The van der Waals surface area contributed by atoms with Crippen molar-refractivity contribution in [3.63, 3.8) is 0 Å². The summed E-state index contributed by atoms with van der Waals surface area (Å²) in [6.45, 7) is 2.07. The van der Waals surface area contributed by atoms with E-state index in [1.807, 2.05) is 19.0 Å². The number of rotatable bonds is 9. The molecule has 0 bridgehead atoms. The Morgan fingerprint density at radius 2 is 2.13 bits per heavy atom. The van der Waals surface area contributed by atoms with Crippen LogP contribution in [-0.4, -0.2) is 55.7 Å². The van der Waals surface area contributed by atoms with Gasteiger partial charge in [-0.15, -0.1) is 0 Å². The smallest absolute Gasteiger partial charge is 0.217 e. The van der Waals surface area contributed by atoms with Crippen molar-refractivity contribution >= 4 is 5.91 Å². The summed E-state index contributed by atoms with van der Waals surface area (Å²) in [6, 6.07) is 0. The van der Waals surface area contributed by atoms with E-state index in [4.69, 9.17) is 5.73 Å². The lowest BCUT2D eigenvalue weighted by Gasteiger charge is -2.16. The molecule has 5 heteroatoms. The van der Waals surface area contributed by atoms with Gasteiger partial charge in [0.1, 0.15) is 0 Å². The molecule has 0 saturated carbocycles. The minimum absolute atomic E-state index is 0.248. The molecule has 1 atom stereocenters. The molecule has 1 unspecified atom stereocenters. The van der Waals surface area contributed by atoms with Gasteiger partial charge in [0.25, 0.3) is 0 Å². The van der Waals surface area contributed by atoms with E-state index in [1.165, 1.54) is 0 Å². The van der Waals surface area contributed by atoms with E-state index in [1.54, 1.807) is 0 Å². The first-order valence-corrected chi connectivity index (χ1v) is 5.34. The second-order valence-corrected chi connectivity index (χ2v) is 4.04. The van der Waals surface area contributed by atoms with Crippen molar-refractivity contribution in [1.29, 1.82) is 0 Å². The zero-order valence-electron chi connectivity index (χ0n) is 9.70. The summed E-state index contributed by atoms with van der Waals surface area (Å²) in [5.74, 6) is -0.248. The van der Waals surface area contributed by atoms with Crippen LogP contribution in [0.4, 0.5) is 0 Å². The van der Waals surface area contributed by atoms with Crippen LogP contribution in [0.2, 0.25) is 0 Å². The van der Waals surface area contributed by atoms with Crippen LogP contribution in [0, 0.1) is 0 Å². The fraction of sp³-hybridized carbons (Fsp3) is 0.900. The highest BCUT2D eigenvalue weighted by atomic mass is 16.3. The Balaban J connectivity index is 3.20. The minimum atomic E-state index is -0.337. The van der Waals surface area contributed by atoms with E-state index < -0.39 is 0 Å². The van der Waals surface area contributed by atoms with Crippen molar-refractivity contribution in [2.75, 3.05) is 33.7 Å². The Kier molecular flexibility index (Phi) is 8.27. The number of likely N-dealkylation sites (N-methyl/N-ethyl adjacent to an activating group) is 1. The van der Waals surface area contributed by atoms with Crippen LogP contribution < -0.4 is 11.1 Å². The molecule has 0 rings (SSSR count). The Hall–Kier alpha value is -0.650. The van der Waals surface area contributed by atoms with E-state index >= 15 is 0 Å². The SMILES string of the molecule is CN(C)CC(O)CNCCCCC(N)=O. The Bertz CT molecular complexity index is 174. The molecule has 0 radical (unpaired) electrons. The van der Waals surface area contributed by atoms with E-state index in [-0.39, 0.29) is 12.0 Å². The molecule has 0 heterocycles. The van der Waals surface area contributed by atoms with Crippen molar-refractivity contribution in [2.45, 2.75) is 25.4 Å². The fourth-order valence-electron chi connectivity index (χ4n) is 1.30. The van der Waals surface area contributed by atoms with Gasteiger partial charge < -0.3 is 21.1 Å². The van der Waals surface area contributed by atoms with Crippen LogP contribution in [0.1, 0.15) is 19.3 Å². The standard InChI is InChI=1S/C10H23N3O2/c1-13(2)8-9(14)7-12-6-4-3-5-10(11)15/h9,12,14H,3-8H2,1-2H3,(H2,11,15). The molecule has 5 nitrogen and oxygen atoms in total. The lowest BCUT2D eigenvalue weighted by Crippen LogP contribution is -2.35. The third-order valence-corrected chi connectivity index (χ3v) is 1.98. The van der Waals surface area contributed by atoms with Gasteiger partial charge >= 0.3 is 0 Å². The molecule has 0 aromatic heterocycles. The molecule has 0 aliphatic heterocycles. The van der Waals surface area contributed by atoms with Gasteiger partial charge in [0.2, 0.25) is 5.91 Å². The van der Waals surface area contributed by atoms with Gasteiger partial charge in [0, 0.05) is 19.5 Å². The van der Waals surface area contributed by atoms with Crippen LogP contribution >= 0.6 is 0 Å². The van der Waals surface area contributed by atoms with E-state index in [0.29, 0.717) is 19.5 Å². The van der Waals surface area contributed by atoms with Gasteiger partial charge in [-0.2, -0.15) is 0 Å². The molecule has 0 spiro atoms. The normalized spacial score (nSPS) is 13.1. The number of nitrogens with zero attached hydrogens (tertiary/aromatic N) is 1. The molecular formula is C10H23N3O2. The third kappa shape index (κ3) is 11.3. The van der Waals surface area contributed by atoms with Gasteiger partial charge in [0.05, 0.1) is 6.10 Å². The Labute approximate surface area is 91.6 Å². The molecule has 1 amide bonds. The van der Waals surface area contributed by atoms with Crippen molar-refractivity contribution in [1.82, 2.24) is 10.2 Å². The highest BCUT2D eigenvalue weighted by molar-refractivity contribution is 5.73. The lowest BCUT2D eigenvalue weighted by molar-refractivity contribution is -0.118. The summed E-state index contributed by atoms with van der Waals surface area (Å²) in [7, 11) is 3.85. The zero-order chi connectivity index (χ0) is 11.7. The molecule has 0 saturated heterocycles. The van der Waals surface area contributed by atoms with Crippen LogP contribution in [0.5, 0.6) is 0 Å². The summed E-state index contributed by atoms with van der Waals surface area (Å²) < 4.78 is 0. The van der Waals surface area contributed by atoms with Gasteiger partial charge in [-0.1, -0.05) is 0 Å². The number of hydrogen-bond acceptors (Lipinski definition) is 4. The van der Waals surface area contributed by atoms with Crippen molar-refractivity contribution < 1.29 is 9.90 Å². The zero-order valence-corrected chi connectivity index (χ0v) is 9.70. The predicted molar refractivity (Wildman–Crippen MR) is 60.5 cm³/mol. The average Bonchev–Trinajstić information content (AvgIpc) is 2.09. The minimum Gasteiger partial charge on any atom is -0.390 e. The largest absolute Gasteiger partial charge is 0.390 e. The highest BCUT2D eigenvalue weighted by Crippen LogP contribution is 1.92. The van der Waals surface area contributed by atoms with Crippen molar-refractivity contribution in [2.24, 2.45) is 5.73 Å². The second-order valence-electron chi connectivity index (χ2n) is 4.04.